The van der Waals surface area contributed by atoms with Gasteiger partial charge in [-0.3, -0.25) is 0 Å². The highest BCUT2D eigenvalue weighted by molar-refractivity contribution is 5.41. The molecule has 1 aliphatic carbocycles. The quantitative estimate of drug-likeness (QED) is 0.584. The normalized spacial score (nSPS) is 28.6. The van der Waals surface area contributed by atoms with Crippen molar-refractivity contribution in [2.24, 2.45) is 5.92 Å². The van der Waals surface area contributed by atoms with Crippen LogP contribution in [0.15, 0.2) is 18.2 Å². The fourth-order valence-electron chi connectivity index (χ4n) is 3.07. The molecule has 0 nitrogen and oxygen atoms in total. The Labute approximate surface area is 93.7 Å². The maximum Gasteiger partial charge on any atom is -0.00980 e. The number of fused-ring (bicyclic) bond motifs is 1. The number of rotatable bonds is 0. The monoisotopic (exact) mass is 202 g/mol. The topological polar surface area (TPSA) is 0 Å². The number of hydrogen-bond donors (Lipinski definition) is 0. The molecule has 2 atom stereocenters. The van der Waals surface area contributed by atoms with Gasteiger partial charge < -0.3 is 0 Å². The summed E-state index contributed by atoms with van der Waals surface area (Å²) in [4.78, 5) is 0. The maximum absolute atomic E-state index is 2.39. The molecule has 2 rings (SSSR count). The highest BCUT2D eigenvalue weighted by atomic mass is 14.4. The Morgan fingerprint density at radius 2 is 1.87 bits per heavy atom. The molecule has 1 aromatic carbocycles. The first-order chi connectivity index (χ1) is 6.92. The lowest BCUT2D eigenvalue weighted by Gasteiger charge is -2.40. The summed E-state index contributed by atoms with van der Waals surface area (Å²) in [5.41, 5.74) is 4.90. The molecule has 0 unspecified atom stereocenters. The maximum atomic E-state index is 2.39. The van der Waals surface area contributed by atoms with Crippen LogP contribution >= 0.6 is 0 Å². The Balaban J connectivity index is 2.59. The van der Waals surface area contributed by atoms with Crippen molar-refractivity contribution in [1.82, 2.24) is 0 Å². The zero-order valence-electron chi connectivity index (χ0n) is 10.6. The van der Waals surface area contributed by atoms with Crippen molar-refractivity contribution < 1.29 is 0 Å². The predicted octanol–water partition coefficient (Wildman–Crippen LogP) is 4.42. The first-order valence-corrected chi connectivity index (χ1v) is 6.03. The van der Waals surface area contributed by atoms with Crippen LogP contribution in [0.2, 0.25) is 0 Å². The van der Waals surface area contributed by atoms with Crippen LogP contribution < -0.4 is 0 Å². The zero-order valence-corrected chi connectivity index (χ0v) is 10.6. The standard InChI is InChI=1S/C15H22/c1-10-6-7-14-13(8-10)12(3)11(2)9-15(14,4)5/h6-8,11-12H,9H2,1-5H3/t11-,12+/m1/s1. The van der Waals surface area contributed by atoms with Gasteiger partial charge in [0.1, 0.15) is 0 Å². The van der Waals surface area contributed by atoms with E-state index in [-0.39, 0.29) is 0 Å². The second-order valence-electron chi connectivity index (χ2n) is 5.94. The Hall–Kier alpha value is -0.780. The summed E-state index contributed by atoms with van der Waals surface area (Å²) in [6.45, 7) is 11.7. The Morgan fingerprint density at radius 1 is 1.20 bits per heavy atom. The van der Waals surface area contributed by atoms with Gasteiger partial charge in [0.15, 0.2) is 0 Å². The highest BCUT2D eigenvalue weighted by Gasteiger charge is 2.34. The van der Waals surface area contributed by atoms with E-state index in [1.807, 2.05) is 0 Å². The average Bonchev–Trinajstić information content (AvgIpc) is 2.13. The van der Waals surface area contributed by atoms with Crippen LogP contribution in [0.25, 0.3) is 0 Å². The average molecular weight is 202 g/mol. The molecule has 0 aromatic heterocycles. The molecule has 0 amide bonds. The third-order valence-corrected chi connectivity index (χ3v) is 4.11. The van der Waals surface area contributed by atoms with Crippen molar-refractivity contribution in [3.05, 3.63) is 34.9 Å². The smallest absolute Gasteiger partial charge is 0.00980 e. The lowest BCUT2D eigenvalue weighted by molar-refractivity contribution is 0.310. The number of benzene rings is 1. The van der Waals surface area contributed by atoms with Crippen LogP contribution in [0.3, 0.4) is 0 Å². The molecule has 15 heavy (non-hydrogen) atoms. The third-order valence-electron chi connectivity index (χ3n) is 4.11. The van der Waals surface area contributed by atoms with Crippen molar-refractivity contribution in [3.8, 4) is 0 Å². The summed E-state index contributed by atoms with van der Waals surface area (Å²) < 4.78 is 0. The van der Waals surface area contributed by atoms with Gasteiger partial charge in [0.25, 0.3) is 0 Å². The Morgan fingerprint density at radius 3 is 2.53 bits per heavy atom. The second-order valence-corrected chi connectivity index (χ2v) is 5.94. The van der Waals surface area contributed by atoms with E-state index >= 15 is 0 Å². The highest BCUT2D eigenvalue weighted by Crippen LogP contribution is 2.45. The molecule has 82 valence electrons. The summed E-state index contributed by atoms with van der Waals surface area (Å²) in [5, 5.41) is 0. The molecule has 0 saturated heterocycles. The van der Waals surface area contributed by atoms with Crippen LogP contribution in [0.4, 0.5) is 0 Å². The summed E-state index contributed by atoms with van der Waals surface area (Å²) >= 11 is 0. The second kappa shape index (κ2) is 3.37. The van der Waals surface area contributed by atoms with Crippen LogP contribution in [0.1, 0.15) is 56.7 Å². The van der Waals surface area contributed by atoms with Gasteiger partial charge in [0.05, 0.1) is 0 Å². The molecule has 1 aliphatic rings. The molecule has 0 spiro atoms. The van der Waals surface area contributed by atoms with Gasteiger partial charge in [-0.25, -0.2) is 0 Å². The van der Waals surface area contributed by atoms with Crippen molar-refractivity contribution in [3.63, 3.8) is 0 Å². The first-order valence-electron chi connectivity index (χ1n) is 6.03. The van der Waals surface area contributed by atoms with Crippen LogP contribution in [-0.2, 0) is 5.41 Å². The number of aryl methyl sites for hydroxylation is 1. The van der Waals surface area contributed by atoms with E-state index in [0.717, 1.165) is 5.92 Å². The van der Waals surface area contributed by atoms with Gasteiger partial charge in [-0.15, -0.1) is 0 Å². The summed E-state index contributed by atoms with van der Waals surface area (Å²) in [7, 11) is 0. The third kappa shape index (κ3) is 1.71. The van der Waals surface area contributed by atoms with Gasteiger partial charge >= 0.3 is 0 Å². The van der Waals surface area contributed by atoms with E-state index in [2.05, 4.69) is 52.8 Å². The predicted molar refractivity (Wildman–Crippen MR) is 66.4 cm³/mol. The fourth-order valence-corrected chi connectivity index (χ4v) is 3.07. The minimum atomic E-state index is 0.356. The zero-order chi connectivity index (χ0) is 11.2. The summed E-state index contributed by atoms with van der Waals surface area (Å²) in [6, 6.07) is 6.98. The summed E-state index contributed by atoms with van der Waals surface area (Å²) in [6.07, 6.45) is 1.31. The van der Waals surface area contributed by atoms with Crippen LogP contribution in [0.5, 0.6) is 0 Å². The molecule has 0 saturated carbocycles. The molecule has 0 fully saturated rings. The van der Waals surface area contributed by atoms with Crippen LogP contribution in [-0.4, -0.2) is 0 Å². The minimum absolute atomic E-state index is 0.356. The van der Waals surface area contributed by atoms with Gasteiger partial charge in [-0.1, -0.05) is 51.5 Å². The molecule has 0 bridgehead atoms. The Kier molecular flexibility index (Phi) is 2.41. The first kappa shape index (κ1) is 10.7. The molecule has 0 radical (unpaired) electrons. The van der Waals surface area contributed by atoms with Gasteiger partial charge in [0.2, 0.25) is 0 Å². The molecule has 1 aromatic rings. The SMILES string of the molecule is Cc1ccc2c(c1)[C@@H](C)[C@H](C)CC2(C)C. The molecular weight excluding hydrogens is 180 g/mol. The van der Waals surface area contributed by atoms with E-state index in [1.165, 1.54) is 12.0 Å². The van der Waals surface area contributed by atoms with E-state index in [0.29, 0.717) is 11.3 Å². The summed E-state index contributed by atoms with van der Waals surface area (Å²) in [5.74, 6) is 1.52. The van der Waals surface area contributed by atoms with Gasteiger partial charge in [-0.2, -0.15) is 0 Å². The van der Waals surface area contributed by atoms with Crippen molar-refractivity contribution in [2.45, 2.75) is 52.4 Å². The largest absolute Gasteiger partial charge is 0.0619 e. The number of hydrogen-bond acceptors (Lipinski definition) is 0. The fraction of sp³-hybridized carbons (Fsp3) is 0.600. The van der Waals surface area contributed by atoms with E-state index in [4.69, 9.17) is 0 Å². The molecule has 0 N–H and O–H groups in total. The molecule has 0 heteroatoms. The molecule has 0 heterocycles. The lowest BCUT2D eigenvalue weighted by Crippen LogP contribution is -2.30. The van der Waals surface area contributed by atoms with Crippen molar-refractivity contribution in [2.75, 3.05) is 0 Å². The van der Waals surface area contributed by atoms with Gasteiger partial charge in [-0.05, 0) is 41.7 Å². The van der Waals surface area contributed by atoms with Crippen molar-refractivity contribution in [1.29, 1.82) is 0 Å². The van der Waals surface area contributed by atoms with Gasteiger partial charge in [0, 0.05) is 0 Å². The van der Waals surface area contributed by atoms with E-state index < -0.39 is 0 Å². The molecular formula is C15H22. The van der Waals surface area contributed by atoms with Crippen molar-refractivity contribution >= 4 is 0 Å². The van der Waals surface area contributed by atoms with Crippen LogP contribution in [0, 0.1) is 12.8 Å². The van der Waals surface area contributed by atoms with E-state index in [1.54, 1.807) is 11.1 Å². The molecule has 0 aliphatic heterocycles. The Bertz CT molecular complexity index is 374. The lowest BCUT2D eigenvalue weighted by atomic mass is 9.64. The minimum Gasteiger partial charge on any atom is -0.0619 e. The van der Waals surface area contributed by atoms with E-state index in [9.17, 15) is 0 Å².